The summed E-state index contributed by atoms with van der Waals surface area (Å²) < 4.78 is 27.4. The SMILES string of the molecule is O=C(NC1CC1)c1n[nH]c2ccc(-c3cccc(F)c3F)cc12. The topological polar surface area (TPSA) is 57.8 Å². The van der Waals surface area contributed by atoms with E-state index in [9.17, 15) is 13.6 Å². The van der Waals surface area contributed by atoms with E-state index < -0.39 is 11.6 Å². The molecule has 1 aromatic heterocycles. The van der Waals surface area contributed by atoms with Crippen LogP contribution in [0.5, 0.6) is 0 Å². The van der Waals surface area contributed by atoms with E-state index in [1.165, 1.54) is 12.1 Å². The molecule has 1 fully saturated rings. The van der Waals surface area contributed by atoms with Crippen molar-refractivity contribution in [3.05, 3.63) is 53.7 Å². The van der Waals surface area contributed by atoms with Crippen molar-refractivity contribution in [1.82, 2.24) is 15.5 Å². The van der Waals surface area contributed by atoms with Crippen molar-refractivity contribution < 1.29 is 13.6 Å². The Labute approximate surface area is 130 Å². The first-order valence-corrected chi connectivity index (χ1v) is 7.37. The third-order valence-electron chi connectivity index (χ3n) is 3.95. The number of amides is 1. The summed E-state index contributed by atoms with van der Waals surface area (Å²) in [5, 5.41) is 10.3. The Morgan fingerprint density at radius 3 is 2.83 bits per heavy atom. The molecule has 3 aromatic rings. The average Bonchev–Trinajstić information content (AvgIpc) is 3.25. The molecule has 2 aromatic carbocycles. The molecule has 4 rings (SSSR count). The van der Waals surface area contributed by atoms with Crippen LogP contribution in [0.2, 0.25) is 0 Å². The van der Waals surface area contributed by atoms with Crippen LogP contribution >= 0.6 is 0 Å². The number of hydrogen-bond donors (Lipinski definition) is 2. The van der Waals surface area contributed by atoms with Gasteiger partial charge in [0.1, 0.15) is 0 Å². The quantitative estimate of drug-likeness (QED) is 0.778. The van der Waals surface area contributed by atoms with Crippen LogP contribution in [-0.4, -0.2) is 22.1 Å². The molecule has 1 aliphatic rings. The minimum Gasteiger partial charge on any atom is -0.348 e. The van der Waals surface area contributed by atoms with Gasteiger partial charge in [-0.15, -0.1) is 0 Å². The first-order valence-electron chi connectivity index (χ1n) is 7.37. The molecule has 1 heterocycles. The molecule has 0 aliphatic heterocycles. The van der Waals surface area contributed by atoms with Gasteiger partial charge < -0.3 is 5.32 Å². The predicted molar refractivity (Wildman–Crippen MR) is 81.9 cm³/mol. The van der Waals surface area contributed by atoms with Gasteiger partial charge in [-0.1, -0.05) is 18.2 Å². The Bertz CT molecular complexity index is 915. The highest BCUT2D eigenvalue weighted by Gasteiger charge is 2.26. The van der Waals surface area contributed by atoms with Gasteiger partial charge in [-0.3, -0.25) is 9.89 Å². The van der Waals surface area contributed by atoms with Gasteiger partial charge in [-0.05, 0) is 36.6 Å². The maximum atomic E-state index is 14.0. The second-order valence-corrected chi connectivity index (χ2v) is 5.68. The van der Waals surface area contributed by atoms with Crippen LogP contribution in [0.4, 0.5) is 8.78 Å². The number of aromatic amines is 1. The van der Waals surface area contributed by atoms with Crippen molar-refractivity contribution in [1.29, 1.82) is 0 Å². The zero-order valence-electron chi connectivity index (χ0n) is 12.1. The van der Waals surface area contributed by atoms with Crippen LogP contribution in [0, 0.1) is 11.6 Å². The Balaban J connectivity index is 1.80. The van der Waals surface area contributed by atoms with Crippen molar-refractivity contribution in [2.75, 3.05) is 0 Å². The number of fused-ring (bicyclic) bond motifs is 1. The number of H-pyrrole nitrogens is 1. The highest BCUT2D eigenvalue weighted by atomic mass is 19.2. The number of rotatable bonds is 3. The predicted octanol–water partition coefficient (Wildman–Crippen LogP) is 3.40. The molecule has 0 radical (unpaired) electrons. The fourth-order valence-corrected chi connectivity index (χ4v) is 2.56. The van der Waals surface area contributed by atoms with E-state index >= 15 is 0 Å². The zero-order valence-corrected chi connectivity index (χ0v) is 12.1. The van der Waals surface area contributed by atoms with Crippen molar-refractivity contribution in [3.8, 4) is 11.1 Å². The van der Waals surface area contributed by atoms with Gasteiger partial charge in [-0.25, -0.2) is 8.78 Å². The smallest absolute Gasteiger partial charge is 0.272 e. The third-order valence-corrected chi connectivity index (χ3v) is 3.95. The Morgan fingerprint density at radius 1 is 1.22 bits per heavy atom. The molecule has 1 saturated carbocycles. The van der Waals surface area contributed by atoms with Gasteiger partial charge in [0.2, 0.25) is 0 Å². The number of halogens is 2. The lowest BCUT2D eigenvalue weighted by Crippen LogP contribution is -2.25. The molecule has 1 amide bonds. The number of hydrogen-bond acceptors (Lipinski definition) is 2. The zero-order chi connectivity index (χ0) is 16.0. The lowest BCUT2D eigenvalue weighted by molar-refractivity contribution is 0.0947. The van der Waals surface area contributed by atoms with Crippen LogP contribution in [0.25, 0.3) is 22.0 Å². The maximum Gasteiger partial charge on any atom is 0.272 e. The number of benzene rings is 2. The van der Waals surface area contributed by atoms with Crippen LogP contribution in [0.1, 0.15) is 23.3 Å². The first kappa shape index (κ1) is 13.9. The average molecular weight is 313 g/mol. The summed E-state index contributed by atoms with van der Waals surface area (Å²) in [6.45, 7) is 0. The third kappa shape index (κ3) is 2.46. The lowest BCUT2D eigenvalue weighted by atomic mass is 10.0. The number of carbonyl (C=O) groups is 1. The van der Waals surface area contributed by atoms with E-state index in [1.807, 2.05) is 0 Å². The summed E-state index contributed by atoms with van der Waals surface area (Å²) >= 11 is 0. The fraction of sp³-hybridized carbons (Fsp3) is 0.176. The van der Waals surface area contributed by atoms with E-state index in [-0.39, 0.29) is 23.2 Å². The molecule has 2 N–H and O–H groups in total. The van der Waals surface area contributed by atoms with Crippen LogP contribution in [-0.2, 0) is 0 Å². The number of nitrogens with one attached hydrogen (secondary N) is 2. The molecule has 0 spiro atoms. The molecular weight excluding hydrogens is 300 g/mol. The molecule has 1 aliphatic carbocycles. The number of aromatic nitrogens is 2. The summed E-state index contributed by atoms with van der Waals surface area (Å²) in [6, 6.07) is 9.27. The minimum atomic E-state index is -0.903. The van der Waals surface area contributed by atoms with Gasteiger partial charge in [0, 0.05) is 17.0 Å². The van der Waals surface area contributed by atoms with Crippen molar-refractivity contribution in [3.63, 3.8) is 0 Å². The Kier molecular flexibility index (Phi) is 3.11. The van der Waals surface area contributed by atoms with Crippen LogP contribution in [0.3, 0.4) is 0 Å². The molecule has 6 heteroatoms. The van der Waals surface area contributed by atoms with E-state index in [2.05, 4.69) is 15.5 Å². The fourth-order valence-electron chi connectivity index (χ4n) is 2.56. The van der Waals surface area contributed by atoms with E-state index in [4.69, 9.17) is 0 Å². The highest BCUT2D eigenvalue weighted by molar-refractivity contribution is 6.05. The van der Waals surface area contributed by atoms with Crippen molar-refractivity contribution >= 4 is 16.8 Å². The minimum absolute atomic E-state index is 0.154. The standard InChI is InChI=1S/C17H13F2N3O/c18-13-3-1-2-11(15(13)19)9-4-7-14-12(8-9)16(22-21-14)17(23)20-10-5-6-10/h1-4,7-8,10H,5-6H2,(H,20,23)(H,21,22). The van der Waals surface area contributed by atoms with E-state index in [0.717, 1.165) is 18.9 Å². The second kappa shape index (κ2) is 5.15. The molecule has 0 bridgehead atoms. The first-order chi connectivity index (χ1) is 11.1. The maximum absolute atomic E-state index is 14.0. The summed E-state index contributed by atoms with van der Waals surface area (Å²) in [5.41, 5.74) is 1.59. The Hall–Kier alpha value is -2.76. The normalized spacial score (nSPS) is 14.2. The monoisotopic (exact) mass is 313 g/mol. The molecule has 23 heavy (non-hydrogen) atoms. The summed E-state index contributed by atoms with van der Waals surface area (Å²) in [6.07, 6.45) is 1.96. The molecular formula is C17H13F2N3O. The van der Waals surface area contributed by atoms with Crippen LogP contribution in [0.15, 0.2) is 36.4 Å². The Morgan fingerprint density at radius 2 is 2.04 bits per heavy atom. The van der Waals surface area contributed by atoms with Crippen LogP contribution < -0.4 is 5.32 Å². The molecule has 116 valence electrons. The van der Waals surface area contributed by atoms with Gasteiger partial charge in [0.25, 0.3) is 5.91 Å². The van der Waals surface area contributed by atoms with Crippen molar-refractivity contribution in [2.24, 2.45) is 0 Å². The molecule has 0 unspecified atom stereocenters. The summed E-state index contributed by atoms with van der Waals surface area (Å²) in [5.74, 6) is -2.06. The largest absolute Gasteiger partial charge is 0.348 e. The number of nitrogens with zero attached hydrogens (tertiary/aromatic N) is 1. The summed E-state index contributed by atoms with van der Waals surface area (Å²) in [7, 11) is 0. The van der Waals surface area contributed by atoms with E-state index in [1.54, 1.807) is 18.2 Å². The van der Waals surface area contributed by atoms with Gasteiger partial charge in [0.15, 0.2) is 17.3 Å². The van der Waals surface area contributed by atoms with Crippen molar-refractivity contribution in [2.45, 2.75) is 18.9 Å². The molecule has 0 atom stereocenters. The highest BCUT2D eigenvalue weighted by Crippen LogP contribution is 2.28. The van der Waals surface area contributed by atoms with E-state index in [0.29, 0.717) is 16.5 Å². The summed E-state index contributed by atoms with van der Waals surface area (Å²) in [4.78, 5) is 12.2. The molecule has 0 saturated heterocycles. The lowest BCUT2D eigenvalue weighted by Gasteiger charge is -2.05. The molecule has 4 nitrogen and oxygen atoms in total. The second-order valence-electron chi connectivity index (χ2n) is 5.68. The number of carbonyl (C=O) groups excluding carboxylic acids is 1. The van der Waals surface area contributed by atoms with Gasteiger partial charge in [0.05, 0.1) is 5.52 Å². The van der Waals surface area contributed by atoms with Gasteiger partial charge in [-0.2, -0.15) is 5.10 Å². The van der Waals surface area contributed by atoms with Gasteiger partial charge >= 0.3 is 0 Å².